The molecule has 49 heavy (non-hydrogen) atoms. The first-order chi connectivity index (χ1) is 23.8. The number of H-pyrrole nitrogens is 1. The number of carbonyl (C=O) groups is 2. The number of benzene rings is 3. The molecule has 254 valence electrons. The molecular formula is C36H39FN8O3S. The van der Waals surface area contributed by atoms with E-state index >= 15 is 0 Å². The number of aromatic amines is 1. The summed E-state index contributed by atoms with van der Waals surface area (Å²) >= 11 is 1.53. The molecule has 3 aromatic carbocycles. The molecule has 0 spiro atoms. The van der Waals surface area contributed by atoms with Crippen LogP contribution in [0.2, 0.25) is 0 Å². The van der Waals surface area contributed by atoms with Crippen LogP contribution in [0.5, 0.6) is 0 Å². The lowest BCUT2D eigenvalue weighted by atomic mass is 9.89. The van der Waals surface area contributed by atoms with Crippen LogP contribution in [-0.2, 0) is 9.59 Å². The maximum absolute atomic E-state index is 13.7. The Morgan fingerprint density at radius 3 is 2.51 bits per heavy atom. The van der Waals surface area contributed by atoms with Crippen LogP contribution in [0, 0.1) is 5.82 Å². The van der Waals surface area contributed by atoms with Gasteiger partial charge in [-0.1, -0.05) is 17.2 Å². The van der Waals surface area contributed by atoms with Gasteiger partial charge in [-0.25, -0.2) is 4.39 Å². The van der Waals surface area contributed by atoms with Gasteiger partial charge in [-0.05, 0) is 98.5 Å². The van der Waals surface area contributed by atoms with E-state index in [1.54, 1.807) is 12.1 Å². The number of hydrogen-bond acceptors (Lipinski definition) is 9. The Bertz CT molecular complexity index is 1940. The van der Waals surface area contributed by atoms with Crippen molar-refractivity contribution in [2.75, 3.05) is 56.2 Å². The van der Waals surface area contributed by atoms with Crippen LogP contribution in [0.15, 0.2) is 71.1 Å². The van der Waals surface area contributed by atoms with Gasteiger partial charge in [0, 0.05) is 54.9 Å². The molecule has 11 nitrogen and oxygen atoms in total. The number of nitrogens with zero attached hydrogens (tertiary/aromatic N) is 5. The average Bonchev–Trinajstić information content (AvgIpc) is 3.88. The van der Waals surface area contributed by atoms with Crippen molar-refractivity contribution in [3.05, 3.63) is 78.1 Å². The molecule has 0 saturated carbocycles. The van der Waals surface area contributed by atoms with Crippen LogP contribution < -0.4 is 10.6 Å². The zero-order valence-electron chi connectivity index (χ0n) is 27.5. The predicted molar refractivity (Wildman–Crippen MR) is 190 cm³/mol. The van der Waals surface area contributed by atoms with Crippen LogP contribution in [0.25, 0.3) is 33.6 Å². The highest BCUT2D eigenvalue weighted by Crippen LogP contribution is 2.36. The van der Waals surface area contributed by atoms with E-state index in [4.69, 9.17) is 4.42 Å². The van der Waals surface area contributed by atoms with Crippen molar-refractivity contribution < 1.29 is 18.4 Å². The molecule has 0 bridgehead atoms. The summed E-state index contributed by atoms with van der Waals surface area (Å²) in [5, 5.41) is 22.6. The van der Waals surface area contributed by atoms with Crippen LogP contribution in [0.3, 0.4) is 0 Å². The van der Waals surface area contributed by atoms with E-state index in [2.05, 4.69) is 48.1 Å². The molecule has 1 atom stereocenters. The number of carbonyl (C=O) groups excluding carboxylic acids is 2. The molecule has 0 unspecified atom stereocenters. The fourth-order valence-electron chi connectivity index (χ4n) is 6.82. The molecule has 2 saturated heterocycles. The Morgan fingerprint density at radius 1 is 1.02 bits per heavy atom. The van der Waals surface area contributed by atoms with Crippen LogP contribution in [0.1, 0.15) is 37.7 Å². The zero-order valence-corrected chi connectivity index (χ0v) is 28.4. The lowest BCUT2D eigenvalue weighted by Gasteiger charge is -2.33. The fourth-order valence-corrected chi connectivity index (χ4v) is 7.66. The van der Waals surface area contributed by atoms with E-state index in [-0.39, 0.29) is 17.6 Å². The summed E-state index contributed by atoms with van der Waals surface area (Å²) in [5.41, 5.74) is 5.09. The number of halogens is 1. The van der Waals surface area contributed by atoms with Crippen LogP contribution in [-0.4, -0.2) is 92.3 Å². The molecule has 2 aromatic heterocycles. The molecule has 7 rings (SSSR count). The number of anilines is 2. The third-order valence-electron chi connectivity index (χ3n) is 9.64. The summed E-state index contributed by atoms with van der Waals surface area (Å²) < 4.78 is 18.5. The van der Waals surface area contributed by atoms with Gasteiger partial charge in [0.05, 0.1) is 17.8 Å². The molecule has 4 heterocycles. The quantitative estimate of drug-likeness (QED) is 0.162. The van der Waals surface area contributed by atoms with Crippen LogP contribution >= 0.6 is 11.8 Å². The topological polar surface area (TPSA) is 132 Å². The summed E-state index contributed by atoms with van der Waals surface area (Å²) in [7, 11) is 0. The van der Waals surface area contributed by atoms with Gasteiger partial charge in [-0.3, -0.25) is 19.6 Å². The Hall–Kier alpha value is -4.75. The second-order valence-corrected chi connectivity index (χ2v) is 13.9. The van der Waals surface area contributed by atoms with E-state index in [1.165, 1.54) is 29.5 Å². The van der Waals surface area contributed by atoms with E-state index < -0.39 is 4.75 Å². The minimum absolute atomic E-state index is 0.0786. The summed E-state index contributed by atoms with van der Waals surface area (Å²) in [6.07, 6.45) is 4.41. The predicted octanol–water partition coefficient (Wildman–Crippen LogP) is 6.00. The van der Waals surface area contributed by atoms with Gasteiger partial charge in [0.15, 0.2) is 0 Å². The molecular weight excluding hydrogens is 644 g/mol. The Morgan fingerprint density at radius 2 is 1.78 bits per heavy atom. The van der Waals surface area contributed by atoms with Gasteiger partial charge in [0.1, 0.15) is 10.6 Å². The SMILES string of the molecule is CCNc1nnc(-c2ccc(C3CCN(C(=O)CN4CC[C@@](SC)(C(=O)Nc5ccc6[nH]nc(-c7ccc(F)cc7)c6c5)C4)CC3)cc2)o1. The molecule has 2 aliphatic rings. The van der Waals surface area contributed by atoms with Gasteiger partial charge in [-0.15, -0.1) is 16.9 Å². The first-order valence-corrected chi connectivity index (χ1v) is 17.8. The third-order valence-corrected chi connectivity index (χ3v) is 10.9. The highest BCUT2D eigenvalue weighted by atomic mass is 32.2. The monoisotopic (exact) mass is 682 g/mol. The summed E-state index contributed by atoms with van der Waals surface area (Å²) in [6.45, 7) is 5.58. The van der Waals surface area contributed by atoms with Gasteiger partial charge in [0.25, 0.3) is 0 Å². The van der Waals surface area contributed by atoms with E-state index in [9.17, 15) is 14.0 Å². The van der Waals surface area contributed by atoms with Crippen molar-refractivity contribution in [1.82, 2.24) is 30.2 Å². The first-order valence-electron chi connectivity index (χ1n) is 16.6. The summed E-state index contributed by atoms with van der Waals surface area (Å²) in [6, 6.07) is 20.5. The molecule has 0 aliphatic carbocycles. The maximum atomic E-state index is 13.7. The van der Waals surface area contributed by atoms with E-state index in [1.807, 2.05) is 48.4 Å². The Labute approximate surface area is 288 Å². The normalized spacial score (nSPS) is 18.6. The van der Waals surface area contributed by atoms with Gasteiger partial charge in [-0.2, -0.15) is 5.10 Å². The number of amides is 2. The van der Waals surface area contributed by atoms with Gasteiger partial charge in [0.2, 0.25) is 17.7 Å². The summed E-state index contributed by atoms with van der Waals surface area (Å²) in [5.74, 6) is 0.588. The standard InChI is InChI=1S/C36H39FN8O3S/c1-3-38-35-43-42-33(48-35)26-6-4-23(5-7-26)24-14-17-45(18-15-24)31(46)21-44-19-16-36(22-44,49-2)34(47)39-28-12-13-30-29(20-28)32(41-40-30)25-8-10-27(37)11-9-25/h4-13,20,24H,3,14-19,21-22H2,1-2H3,(H,38,43)(H,39,47)(H,40,41)/t36-/m0/s1. The highest BCUT2D eigenvalue weighted by Gasteiger charge is 2.45. The van der Waals surface area contributed by atoms with Crippen molar-refractivity contribution >= 4 is 46.2 Å². The number of thioether (sulfide) groups is 1. The van der Waals surface area contributed by atoms with Crippen molar-refractivity contribution in [3.63, 3.8) is 0 Å². The molecule has 13 heteroatoms. The fraction of sp³-hybridized carbons (Fsp3) is 0.361. The first kappa shape index (κ1) is 32.8. The highest BCUT2D eigenvalue weighted by molar-refractivity contribution is 8.00. The van der Waals surface area contributed by atoms with Crippen molar-refractivity contribution in [3.8, 4) is 22.7 Å². The lowest BCUT2D eigenvalue weighted by molar-refractivity contribution is -0.133. The van der Waals surface area contributed by atoms with Gasteiger partial charge < -0.3 is 20.0 Å². The van der Waals surface area contributed by atoms with Crippen molar-refractivity contribution in [1.29, 1.82) is 0 Å². The van der Waals surface area contributed by atoms with Crippen LogP contribution in [0.4, 0.5) is 16.1 Å². The number of likely N-dealkylation sites (tertiary alicyclic amines) is 2. The zero-order chi connectivity index (χ0) is 34.0. The molecule has 2 fully saturated rings. The average molecular weight is 683 g/mol. The maximum Gasteiger partial charge on any atom is 0.315 e. The Balaban J connectivity index is 0.925. The number of rotatable bonds is 10. The minimum Gasteiger partial charge on any atom is -0.403 e. The smallest absolute Gasteiger partial charge is 0.315 e. The summed E-state index contributed by atoms with van der Waals surface area (Å²) in [4.78, 5) is 31.2. The second-order valence-electron chi connectivity index (χ2n) is 12.7. The molecule has 5 aromatic rings. The minimum atomic E-state index is -0.667. The number of piperidine rings is 1. The number of nitrogens with one attached hydrogen (secondary N) is 3. The van der Waals surface area contributed by atoms with Gasteiger partial charge >= 0.3 is 6.01 Å². The molecule has 2 aliphatic heterocycles. The van der Waals surface area contributed by atoms with Crippen molar-refractivity contribution in [2.24, 2.45) is 0 Å². The lowest BCUT2D eigenvalue weighted by Crippen LogP contribution is -2.46. The van der Waals surface area contributed by atoms with Crippen molar-refractivity contribution in [2.45, 2.75) is 36.9 Å². The Kier molecular flexibility index (Phi) is 9.37. The second kappa shape index (κ2) is 14.0. The number of fused-ring (bicyclic) bond motifs is 1. The van der Waals surface area contributed by atoms with E-state index in [0.717, 1.165) is 34.9 Å². The molecule has 0 radical (unpaired) electrons. The largest absolute Gasteiger partial charge is 0.403 e. The number of aromatic nitrogens is 4. The molecule has 3 N–H and O–H groups in total. The molecule has 2 amide bonds. The third kappa shape index (κ3) is 6.90. The number of hydrogen-bond donors (Lipinski definition) is 3. The van der Waals surface area contributed by atoms with E-state index in [0.29, 0.717) is 74.9 Å².